The van der Waals surface area contributed by atoms with E-state index in [4.69, 9.17) is 0 Å². The molecule has 1 aliphatic heterocycles. The van der Waals surface area contributed by atoms with Gasteiger partial charge in [0.25, 0.3) is 5.91 Å². The minimum absolute atomic E-state index is 0.161. The zero-order chi connectivity index (χ0) is 20.1. The summed E-state index contributed by atoms with van der Waals surface area (Å²) in [6, 6.07) is 15.9. The van der Waals surface area contributed by atoms with Gasteiger partial charge in [0.1, 0.15) is 0 Å². The van der Waals surface area contributed by atoms with Gasteiger partial charge in [-0.1, -0.05) is 45.0 Å². The first kappa shape index (κ1) is 18.4. The lowest BCUT2D eigenvalue weighted by Gasteiger charge is -2.47. The Hall–Kier alpha value is -2.95. The molecule has 2 aromatic rings. The Bertz CT molecular complexity index is 967. The molecule has 0 radical (unpaired) electrons. The molecular formula is C23H24N2O3. The first-order valence-corrected chi connectivity index (χ1v) is 9.60. The van der Waals surface area contributed by atoms with Crippen LogP contribution in [0.3, 0.4) is 0 Å². The highest BCUT2D eigenvalue weighted by molar-refractivity contribution is 6.21. The topological polar surface area (TPSA) is 66.5 Å². The van der Waals surface area contributed by atoms with Crippen LogP contribution in [0.2, 0.25) is 0 Å². The molecule has 2 atom stereocenters. The van der Waals surface area contributed by atoms with E-state index < -0.39 is 5.41 Å². The minimum Gasteiger partial charge on any atom is -0.322 e. The predicted octanol–water partition coefficient (Wildman–Crippen LogP) is 4.25. The highest BCUT2D eigenvalue weighted by Gasteiger charge is 2.64. The highest BCUT2D eigenvalue weighted by Crippen LogP contribution is 2.60. The van der Waals surface area contributed by atoms with Crippen LogP contribution in [0.25, 0.3) is 0 Å². The third kappa shape index (κ3) is 2.57. The van der Waals surface area contributed by atoms with Crippen LogP contribution >= 0.6 is 0 Å². The smallest absolute Gasteiger partial charge is 0.255 e. The summed E-state index contributed by atoms with van der Waals surface area (Å²) < 4.78 is 0. The lowest BCUT2D eigenvalue weighted by molar-refractivity contribution is -0.146. The molecule has 0 spiro atoms. The molecule has 0 aromatic heterocycles. The Morgan fingerprint density at radius 1 is 1.04 bits per heavy atom. The second kappa shape index (κ2) is 6.30. The molecule has 2 aliphatic rings. The fourth-order valence-electron chi connectivity index (χ4n) is 4.57. The molecule has 28 heavy (non-hydrogen) atoms. The van der Waals surface area contributed by atoms with E-state index in [0.29, 0.717) is 23.4 Å². The summed E-state index contributed by atoms with van der Waals surface area (Å²) >= 11 is 0. The van der Waals surface area contributed by atoms with Gasteiger partial charge in [-0.2, -0.15) is 0 Å². The summed E-state index contributed by atoms with van der Waals surface area (Å²) in [5.41, 5.74) is 0.623. The van der Waals surface area contributed by atoms with Crippen LogP contribution in [0.1, 0.15) is 44.0 Å². The van der Waals surface area contributed by atoms with Gasteiger partial charge in [0, 0.05) is 17.2 Å². The van der Waals surface area contributed by atoms with Crippen molar-refractivity contribution < 1.29 is 14.4 Å². The number of hydrogen-bond acceptors (Lipinski definition) is 3. The van der Waals surface area contributed by atoms with Crippen LogP contribution in [-0.2, 0) is 9.59 Å². The molecule has 4 rings (SSSR count). The Kier molecular flexibility index (Phi) is 4.14. The molecule has 1 aliphatic carbocycles. The number of hydrogen-bond donors (Lipinski definition) is 1. The number of rotatable bonds is 3. The summed E-state index contributed by atoms with van der Waals surface area (Å²) in [5.74, 6) is -0.793. The zero-order valence-electron chi connectivity index (χ0n) is 16.4. The fourth-order valence-corrected chi connectivity index (χ4v) is 4.57. The van der Waals surface area contributed by atoms with Crippen LogP contribution in [0.15, 0.2) is 54.6 Å². The molecule has 5 heteroatoms. The summed E-state index contributed by atoms with van der Waals surface area (Å²) in [7, 11) is 0. The number of nitrogens with zero attached hydrogens (tertiary/aromatic N) is 1. The lowest BCUT2D eigenvalue weighted by Crippen LogP contribution is -2.59. The van der Waals surface area contributed by atoms with Gasteiger partial charge in [-0.3, -0.25) is 14.4 Å². The second-order valence-corrected chi connectivity index (χ2v) is 8.49. The number of fused-ring (bicyclic) bond motifs is 2. The first-order valence-electron chi connectivity index (χ1n) is 9.60. The van der Waals surface area contributed by atoms with E-state index in [1.807, 2.05) is 39.0 Å². The van der Waals surface area contributed by atoms with Crippen molar-refractivity contribution in [2.45, 2.75) is 33.6 Å². The largest absolute Gasteiger partial charge is 0.322 e. The number of nitrogens with one attached hydrogen (secondary N) is 1. The van der Waals surface area contributed by atoms with Crippen molar-refractivity contribution in [3.05, 3.63) is 60.2 Å². The van der Waals surface area contributed by atoms with Gasteiger partial charge in [0.15, 0.2) is 0 Å². The van der Waals surface area contributed by atoms with Crippen molar-refractivity contribution in [2.75, 3.05) is 10.2 Å². The van der Waals surface area contributed by atoms with Gasteiger partial charge in [0.2, 0.25) is 11.8 Å². The summed E-state index contributed by atoms with van der Waals surface area (Å²) in [6.07, 6.45) is 1.43. The maximum Gasteiger partial charge on any atom is 0.255 e. The van der Waals surface area contributed by atoms with Gasteiger partial charge in [-0.25, -0.2) is 4.90 Å². The van der Waals surface area contributed by atoms with E-state index in [1.54, 1.807) is 36.4 Å². The van der Waals surface area contributed by atoms with Gasteiger partial charge < -0.3 is 5.32 Å². The van der Waals surface area contributed by atoms with Gasteiger partial charge in [-0.15, -0.1) is 0 Å². The number of imide groups is 1. The lowest BCUT2D eigenvalue weighted by atomic mass is 9.62. The number of carbonyl (C=O) groups excluding carboxylic acids is 3. The standard InChI is InChI=1S/C23H24N2O3/c1-22(2)18-12-13-23(22,3)21(28)25(20(18)27)17-11-7-8-15(14-17)19(26)24-16-9-5-4-6-10-16/h4-11,14,18H,12-13H2,1-3H3,(H,24,26)/t18-,23+/m0/s1. The maximum absolute atomic E-state index is 13.3. The molecule has 2 fully saturated rings. The van der Waals surface area contributed by atoms with Crippen LogP contribution in [0, 0.1) is 16.7 Å². The molecule has 1 heterocycles. The van der Waals surface area contributed by atoms with E-state index in [-0.39, 0.29) is 29.1 Å². The molecule has 5 nitrogen and oxygen atoms in total. The van der Waals surface area contributed by atoms with E-state index in [9.17, 15) is 14.4 Å². The molecular weight excluding hydrogens is 352 g/mol. The van der Waals surface area contributed by atoms with Crippen LogP contribution in [-0.4, -0.2) is 17.7 Å². The monoisotopic (exact) mass is 376 g/mol. The van der Waals surface area contributed by atoms with Crippen molar-refractivity contribution >= 4 is 29.1 Å². The average Bonchev–Trinajstić information content (AvgIpc) is 2.86. The summed E-state index contributed by atoms with van der Waals surface area (Å²) in [5, 5.41) is 2.83. The van der Waals surface area contributed by atoms with Gasteiger partial charge in [0.05, 0.1) is 11.1 Å². The van der Waals surface area contributed by atoms with Gasteiger partial charge in [-0.05, 0) is 48.6 Å². The zero-order valence-corrected chi connectivity index (χ0v) is 16.4. The first-order chi connectivity index (χ1) is 13.3. The van der Waals surface area contributed by atoms with Crippen molar-refractivity contribution in [2.24, 2.45) is 16.7 Å². The normalized spacial score (nSPS) is 25.7. The number of benzene rings is 2. The van der Waals surface area contributed by atoms with Crippen LogP contribution in [0.5, 0.6) is 0 Å². The molecule has 1 saturated carbocycles. The van der Waals surface area contributed by atoms with E-state index >= 15 is 0 Å². The van der Waals surface area contributed by atoms with Crippen molar-refractivity contribution in [1.82, 2.24) is 0 Å². The summed E-state index contributed by atoms with van der Waals surface area (Å²) in [4.78, 5) is 40.4. The van der Waals surface area contributed by atoms with E-state index in [2.05, 4.69) is 5.32 Å². The average molecular weight is 376 g/mol. The van der Waals surface area contributed by atoms with Crippen molar-refractivity contribution in [3.63, 3.8) is 0 Å². The number of carbonyl (C=O) groups is 3. The Balaban J connectivity index is 1.66. The van der Waals surface area contributed by atoms with Crippen LogP contribution in [0.4, 0.5) is 11.4 Å². The third-order valence-corrected chi connectivity index (χ3v) is 6.82. The second-order valence-electron chi connectivity index (χ2n) is 8.49. The highest BCUT2D eigenvalue weighted by atomic mass is 16.2. The molecule has 2 bridgehead atoms. The van der Waals surface area contributed by atoms with Gasteiger partial charge >= 0.3 is 0 Å². The molecule has 1 saturated heterocycles. The minimum atomic E-state index is -0.576. The molecule has 1 N–H and O–H groups in total. The predicted molar refractivity (Wildman–Crippen MR) is 108 cm³/mol. The quantitative estimate of drug-likeness (QED) is 0.814. The van der Waals surface area contributed by atoms with Crippen LogP contribution < -0.4 is 10.2 Å². The van der Waals surface area contributed by atoms with E-state index in [1.165, 1.54) is 4.90 Å². The summed E-state index contributed by atoms with van der Waals surface area (Å²) in [6.45, 7) is 5.99. The molecule has 144 valence electrons. The maximum atomic E-state index is 13.3. The third-order valence-electron chi connectivity index (χ3n) is 6.82. The number of piperidine rings is 1. The van der Waals surface area contributed by atoms with Crippen molar-refractivity contribution in [3.8, 4) is 0 Å². The Morgan fingerprint density at radius 3 is 2.46 bits per heavy atom. The fraction of sp³-hybridized carbons (Fsp3) is 0.348. The number of anilines is 2. The van der Waals surface area contributed by atoms with Crippen molar-refractivity contribution in [1.29, 1.82) is 0 Å². The SMILES string of the molecule is CC1(C)[C@H]2CC[C@]1(C)C(=O)N(c1cccc(C(=O)Nc3ccccc3)c1)C2=O. The molecule has 0 unspecified atom stereocenters. The number of amides is 3. The Labute approximate surface area is 164 Å². The number of para-hydroxylation sites is 1. The Morgan fingerprint density at radius 2 is 1.75 bits per heavy atom. The molecule has 2 aromatic carbocycles. The van der Waals surface area contributed by atoms with E-state index in [0.717, 1.165) is 6.42 Å². The molecule has 3 amide bonds.